The van der Waals surface area contributed by atoms with Gasteiger partial charge in [0.1, 0.15) is 0 Å². The fourth-order valence-corrected chi connectivity index (χ4v) is 1.84. The van der Waals surface area contributed by atoms with E-state index >= 15 is 0 Å². The molecule has 0 unspecified atom stereocenters. The van der Waals surface area contributed by atoms with Gasteiger partial charge in [0.05, 0.1) is 20.3 Å². The molecule has 0 fully saturated rings. The summed E-state index contributed by atoms with van der Waals surface area (Å²) < 4.78 is 10.7. The monoisotopic (exact) mass is 296 g/mol. The van der Waals surface area contributed by atoms with Crippen molar-refractivity contribution in [2.45, 2.75) is 13.3 Å². The molecule has 0 spiro atoms. The summed E-state index contributed by atoms with van der Waals surface area (Å²) in [5.74, 6) is 1.41. The average molecular weight is 296 g/mol. The number of urea groups is 1. The summed E-state index contributed by atoms with van der Waals surface area (Å²) in [6.07, 6.45) is 0.696. The number of nitrogens with one attached hydrogen (secondary N) is 1. The van der Waals surface area contributed by atoms with E-state index < -0.39 is 0 Å². The Morgan fingerprint density at radius 2 is 2.14 bits per heavy atom. The second-order valence-electron chi connectivity index (χ2n) is 4.55. The van der Waals surface area contributed by atoms with Gasteiger partial charge in [-0.1, -0.05) is 6.07 Å². The highest BCUT2D eigenvalue weighted by Gasteiger charge is 2.08. The third kappa shape index (κ3) is 5.51. The minimum atomic E-state index is -0.193. The molecule has 0 saturated heterocycles. The van der Waals surface area contributed by atoms with Crippen LogP contribution in [-0.4, -0.2) is 56.5 Å². The smallest absolute Gasteiger partial charge is 0.317 e. The molecule has 1 aromatic rings. The summed E-state index contributed by atoms with van der Waals surface area (Å²) in [5.41, 5.74) is 1.06. The third-order valence-electron chi connectivity index (χ3n) is 3.00. The van der Waals surface area contributed by atoms with Gasteiger partial charge in [-0.15, -0.1) is 0 Å². The number of aliphatic hydroxyl groups is 1. The minimum Gasteiger partial charge on any atom is -0.493 e. The minimum absolute atomic E-state index is 0.0417. The summed E-state index contributed by atoms with van der Waals surface area (Å²) in [5, 5.41) is 11.6. The highest BCUT2D eigenvalue weighted by atomic mass is 16.5. The van der Waals surface area contributed by atoms with Crippen LogP contribution >= 0.6 is 0 Å². The summed E-state index contributed by atoms with van der Waals surface area (Å²) in [6.45, 7) is 3.31. The van der Waals surface area contributed by atoms with E-state index in [1.54, 1.807) is 14.2 Å². The van der Waals surface area contributed by atoms with Crippen LogP contribution < -0.4 is 14.8 Å². The molecule has 118 valence electrons. The van der Waals surface area contributed by atoms with Gasteiger partial charge < -0.3 is 24.8 Å². The molecule has 0 saturated carbocycles. The third-order valence-corrected chi connectivity index (χ3v) is 3.00. The molecule has 21 heavy (non-hydrogen) atoms. The second-order valence-corrected chi connectivity index (χ2v) is 4.55. The predicted octanol–water partition coefficient (Wildman–Crippen LogP) is 1.27. The van der Waals surface area contributed by atoms with E-state index in [-0.39, 0.29) is 12.6 Å². The second kappa shape index (κ2) is 9.07. The zero-order chi connectivity index (χ0) is 15.7. The van der Waals surface area contributed by atoms with Gasteiger partial charge in [0, 0.05) is 20.1 Å². The molecule has 0 aliphatic heterocycles. The number of benzene rings is 1. The van der Waals surface area contributed by atoms with Gasteiger partial charge in [0.15, 0.2) is 11.5 Å². The molecular formula is C15H24N2O4. The van der Waals surface area contributed by atoms with Crippen LogP contribution in [0.2, 0.25) is 0 Å². The molecule has 1 rings (SSSR count). The zero-order valence-electron chi connectivity index (χ0n) is 12.9. The summed E-state index contributed by atoms with van der Waals surface area (Å²) >= 11 is 0. The fraction of sp³-hybridized carbons (Fsp3) is 0.533. The van der Waals surface area contributed by atoms with Crippen molar-refractivity contribution < 1.29 is 19.4 Å². The number of nitrogens with zero attached hydrogens (tertiary/aromatic N) is 1. The normalized spacial score (nSPS) is 10.1. The van der Waals surface area contributed by atoms with Gasteiger partial charge in [-0.05, 0) is 31.0 Å². The molecular weight excluding hydrogens is 272 g/mol. The van der Waals surface area contributed by atoms with Crippen LogP contribution in [0.4, 0.5) is 4.79 Å². The van der Waals surface area contributed by atoms with Gasteiger partial charge in [-0.3, -0.25) is 0 Å². The van der Waals surface area contributed by atoms with Crippen LogP contribution in [0, 0.1) is 0 Å². The number of likely N-dealkylation sites (N-methyl/N-ethyl adjacent to an activating group) is 1. The molecule has 0 bridgehead atoms. The van der Waals surface area contributed by atoms with Crippen LogP contribution in [0.3, 0.4) is 0 Å². The number of carbonyl (C=O) groups excluding carboxylic acids is 1. The first-order valence-corrected chi connectivity index (χ1v) is 7.01. The lowest BCUT2D eigenvalue weighted by Gasteiger charge is -2.16. The van der Waals surface area contributed by atoms with Crippen molar-refractivity contribution in [1.29, 1.82) is 0 Å². The zero-order valence-corrected chi connectivity index (χ0v) is 12.9. The lowest BCUT2D eigenvalue weighted by Crippen LogP contribution is -2.39. The van der Waals surface area contributed by atoms with Crippen molar-refractivity contribution in [2.24, 2.45) is 0 Å². The number of carbonyl (C=O) groups is 1. The Balaban J connectivity index is 2.50. The predicted molar refractivity (Wildman–Crippen MR) is 81.0 cm³/mol. The number of hydrogen-bond donors (Lipinski definition) is 2. The molecule has 6 heteroatoms. The molecule has 1 aromatic carbocycles. The molecule has 0 aromatic heterocycles. The Labute approximate surface area is 125 Å². The number of hydrogen-bond acceptors (Lipinski definition) is 4. The lowest BCUT2D eigenvalue weighted by molar-refractivity contribution is 0.190. The van der Waals surface area contributed by atoms with Crippen LogP contribution in [-0.2, 0) is 6.42 Å². The van der Waals surface area contributed by atoms with E-state index in [2.05, 4.69) is 5.32 Å². The Morgan fingerprint density at radius 3 is 2.76 bits per heavy atom. The first-order valence-electron chi connectivity index (χ1n) is 7.01. The van der Waals surface area contributed by atoms with E-state index in [1.165, 1.54) is 4.90 Å². The molecule has 2 amide bonds. The first-order chi connectivity index (χ1) is 10.1. The number of methoxy groups -OCH3 is 1. The van der Waals surface area contributed by atoms with E-state index in [9.17, 15) is 4.79 Å². The molecule has 0 heterocycles. The van der Waals surface area contributed by atoms with Crippen LogP contribution in [0.25, 0.3) is 0 Å². The van der Waals surface area contributed by atoms with Crippen LogP contribution in [0.15, 0.2) is 18.2 Å². The summed E-state index contributed by atoms with van der Waals surface area (Å²) in [7, 11) is 3.25. The van der Waals surface area contributed by atoms with Crippen molar-refractivity contribution >= 4 is 6.03 Å². The molecule has 0 radical (unpaired) electrons. The van der Waals surface area contributed by atoms with Gasteiger partial charge in [0.25, 0.3) is 0 Å². The van der Waals surface area contributed by atoms with Gasteiger partial charge in [-0.25, -0.2) is 4.79 Å². The topological polar surface area (TPSA) is 71.0 Å². The Hall–Kier alpha value is -1.95. The maximum atomic E-state index is 11.6. The Morgan fingerprint density at radius 1 is 1.38 bits per heavy atom. The highest BCUT2D eigenvalue weighted by molar-refractivity contribution is 5.73. The quantitative estimate of drug-likeness (QED) is 0.758. The molecule has 0 atom stereocenters. The maximum Gasteiger partial charge on any atom is 0.317 e. The Kier molecular flexibility index (Phi) is 7.39. The average Bonchev–Trinajstić information content (AvgIpc) is 2.49. The van der Waals surface area contributed by atoms with Crippen LogP contribution in [0.5, 0.6) is 11.5 Å². The van der Waals surface area contributed by atoms with E-state index in [0.29, 0.717) is 31.9 Å². The maximum absolute atomic E-state index is 11.6. The fourth-order valence-electron chi connectivity index (χ4n) is 1.84. The number of aliphatic hydroxyl groups excluding tert-OH is 1. The SMILES string of the molecule is CCOc1ccc(CCNC(=O)N(C)CCO)cc1OC. The molecule has 2 N–H and O–H groups in total. The van der Waals surface area contributed by atoms with Crippen LogP contribution in [0.1, 0.15) is 12.5 Å². The summed E-state index contributed by atoms with van der Waals surface area (Å²) in [4.78, 5) is 13.1. The van der Waals surface area contributed by atoms with Crippen molar-refractivity contribution in [3.05, 3.63) is 23.8 Å². The largest absolute Gasteiger partial charge is 0.493 e. The number of rotatable bonds is 8. The van der Waals surface area contributed by atoms with Crippen molar-refractivity contribution in [1.82, 2.24) is 10.2 Å². The standard InChI is InChI=1S/C15H24N2O4/c1-4-21-13-6-5-12(11-14(13)20-3)7-8-16-15(19)17(2)9-10-18/h5-6,11,18H,4,7-10H2,1-3H3,(H,16,19). The van der Waals surface area contributed by atoms with Crippen molar-refractivity contribution in [3.63, 3.8) is 0 Å². The molecule has 0 aliphatic rings. The summed E-state index contributed by atoms with van der Waals surface area (Å²) in [6, 6.07) is 5.55. The molecule has 6 nitrogen and oxygen atoms in total. The number of amides is 2. The molecule has 0 aliphatic carbocycles. The van der Waals surface area contributed by atoms with E-state index in [4.69, 9.17) is 14.6 Å². The van der Waals surface area contributed by atoms with E-state index in [0.717, 1.165) is 11.3 Å². The first kappa shape index (κ1) is 17.1. The van der Waals surface area contributed by atoms with Crippen molar-refractivity contribution in [3.8, 4) is 11.5 Å². The number of ether oxygens (including phenoxy) is 2. The Bertz CT molecular complexity index is 451. The lowest BCUT2D eigenvalue weighted by atomic mass is 10.1. The van der Waals surface area contributed by atoms with E-state index in [1.807, 2.05) is 25.1 Å². The van der Waals surface area contributed by atoms with Gasteiger partial charge in [0.2, 0.25) is 0 Å². The van der Waals surface area contributed by atoms with Crippen molar-refractivity contribution in [2.75, 3.05) is 40.5 Å². The highest BCUT2D eigenvalue weighted by Crippen LogP contribution is 2.28. The van der Waals surface area contributed by atoms with Gasteiger partial charge in [-0.2, -0.15) is 0 Å². The van der Waals surface area contributed by atoms with Gasteiger partial charge >= 0.3 is 6.03 Å².